The van der Waals surface area contributed by atoms with E-state index in [0.717, 1.165) is 11.3 Å². The predicted octanol–water partition coefficient (Wildman–Crippen LogP) is 4.22. The molecule has 0 saturated carbocycles. The van der Waals surface area contributed by atoms with Crippen LogP contribution in [0.1, 0.15) is 21.5 Å². The van der Waals surface area contributed by atoms with E-state index in [2.05, 4.69) is 5.32 Å². The predicted molar refractivity (Wildman–Crippen MR) is 81.9 cm³/mol. The SMILES string of the molecule is COc1ccc(Cl)cc1C(=O)Nc1ccc(C)c(C)c1. The van der Waals surface area contributed by atoms with Crippen molar-refractivity contribution in [1.29, 1.82) is 0 Å². The zero-order valence-corrected chi connectivity index (χ0v) is 12.4. The minimum atomic E-state index is -0.243. The number of ether oxygens (including phenoxy) is 1. The lowest BCUT2D eigenvalue weighted by molar-refractivity contribution is 0.102. The third-order valence-corrected chi connectivity index (χ3v) is 3.41. The molecule has 0 radical (unpaired) electrons. The highest BCUT2D eigenvalue weighted by atomic mass is 35.5. The van der Waals surface area contributed by atoms with Crippen LogP contribution in [0.5, 0.6) is 5.75 Å². The quantitative estimate of drug-likeness (QED) is 0.919. The van der Waals surface area contributed by atoms with Crippen molar-refractivity contribution in [2.75, 3.05) is 12.4 Å². The number of halogens is 1. The van der Waals surface area contributed by atoms with Crippen molar-refractivity contribution in [3.05, 3.63) is 58.1 Å². The van der Waals surface area contributed by atoms with Crippen LogP contribution in [0, 0.1) is 13.8 Å². The van der Waals surface area contributed by atoms with Crippen molar-refractivity contribution < 1.29 is 9.53 Å². The van der Waals surface area contributed by atoms with Crippen LogP contribution in [0.2, 0.25) is 5.02 Å². The summed E-state index contributed by atoms with van der Waals surface area (Å²) in [5.41, 5.74) is 3.47. The fourth-order valence-electron chi connectivity index (χ4n) is 1.88. The molecule has 2 aromatic carbocycles. The van der Waals surface area contributed by atoms with Crippen LogP contribution in [0.4, 0.5) is 5.69 Å². The summed E-state index contributed by atoms with van der Waals surface area (Å²) in [6, 6.07) is 10.7. The first-order chi connectivity index (χ1) is 9.51. The Balaban J connectivity index is 2.27. The standard InChI is InChI=1S/C16H16ClNO2/c1-10-4-6-13(8-11(10)2)18-16(19)14-9-12(17)5-7-15(14)20-3/h4-9H,1-3H3,(H,18,19). The van der Waals surface area contributed by atoms with Crippen molar-refractivity contribution in [1.82, 2.24) is 0 Å². The molecule has 0 spiro atoms. The lowest BCUT2D eigenvalue weighted by Gasteiger charge is -2.11. The zero-order valence-electron chi connectivity index (χ0n) is 11.7. The van der Waals surface area contributed by atoms with E-state index in [1.54, 1.807) is 18.2 Å². The molecule has 104 valence electrons. The van der Waals surface area contributed by atoms with Gasteiger partial charge in [0.2, 0.25) is 0 Å². The molecule has 0 unspecified atom stereocenters. The number of nitrogens with one attached hydrogen (secondary N) is 1. The third kappa shape index (κ3) is 3.11. The molecule has 1 N–H and O–H groups in total. The second-order valence-electron chi connectivity index (χ2n) is 4.60. The van der Waals surface area contributed by atoms with Crippen molar-refractivity contribution in [2.24, 2.45) is 0 Å². The van der Waals surface area contributed by atoms with Gasteiger partial charge in [0, 0.05) is 10.7 Å². The highest BCUT2D eigenvalue weighted by Gasteiger charge is 2.13. The van der Waals surface area contributed by atoms with Gasteiger partial charge >= 0.3 is 0 Å². The molecule has 0 aliphatic heterocycles. The number of aryl methyl sites for hydroxylation is 2. The second-order valence-corrected chi connectivity index (χ2v) is 5.03. The van der Waals surface area contributed by atoms with Gasteiger partial charge in [-0.05, 0) is 55.3 Å². The highest BCUT2D eigenvalue weighted by molar-refractivity contribution is 6.31. The average Bonchev–Trinajstić information content (AvgIpc) is 2.43. The molecule has 2 aromatic rings. The molecule has 2 rings (SSSR count). The number of benzene rings is 2. The van der Waals surface area contributed by atoms with Crippen LogP contribution in [0.3, 0.4) is 0 Å². The maximum Gasteiger partial charge on any atom is 0.259 e. The summed E-state index contributed by atoms with van der Waals surface area (Å²) in [4.78, 5) is 12.3. The zero-order chi connectivity index (χ0) is 14.7. The molecule has 0 fully saturated rings. The monoisotopic (exact) mass is 289 g/mol. The Morgan fingerprint density at radius 2 is 1.85 bits per heavy atom. The molecule has 0 aliphatic rings. The lowest BCUT2D eigenvalue weighted by atomic mass is 10.1. The molecule has 20 heavy (non-hydrogen) atoms. The summed E-state index contributed by atoms with van der Waals surface area (Å²) >= 11 is 5.93. The molecule has 0 heterocycles. The lowest BCUT2D eigenvalue weighted by Crippen LogP contribution is -2.13. The number of hydrogen-bond acceptors (Lipinski definition) is 2. The molecule has 0 aromatic heterocycles. The van der Waals surface area contributed by atoms with E-state index in [4.69, 9.17) is 16.3 Å². The van der Waals surface area contributed by atoms with E-state index in [-0.39, 0.29) is 5.91 Å². The Morgan fingerprint density at radius 1 is 1.10 bits per heavy atom. The molecule has 1 amide bonds. The fraction of sp³-hybridized carbons (Fsp3) is 0.188. The summed E-state index contributed by atoms with van der Waals surface area (Å²) in [5.74, 6) is 0.253. The minimum Gasteiger partial charge on any atom is -0.496 e. The van der Waals surface area contributed by atoms with Gasteiger partial charge in [-0.2, -0.15) is 0 Å². The number of carbonyl (C=O) groups is 1. The first-order valence-corrected chi connectivity index (χ1v) is 6.61. The van der Waals surface area contributed by atoms with E-state index in [1.807, 2.05) is 32.0 Å². The average molecular weight is 290 g/mol. The van der Waals surface area contributed by atoms with Crippen LogP contribution < -0.4 is 10.1 Å². The summed E-state index contributed by atoms with van der Waals surface area (Å²) in [7, 11) is 1.52. The fourth-order valence-corrected chi connectivity index (χ4v) is 2.05. The van der Waals surface area contributed by atoms with Crippen LogP contribution >= 0.6 is 11.6 Å². The van der Waals surface area contributed by atoms with Gasteiger partial charge in [0.25, 0.3) is 5.91 Å². The van der Waals surface area contributed by atoms with E-state index in [0.29, 0.717) is 16.3 Å². The molecular weight excluding hydrogens is 274 g/mol. The smallest absolute Gasteiger partial charge is 0.259 e. The van der Waals surface area contributed by atoms with E-state index >= 15 is 0 Å². The summed E-state index contributed by atoms with van der Waals surface area (Å²) in [6.07, 6.45) is 0. The maximum atomic E-state index is 12.3. The number of amides is 1. The Kier molecular flexibility index (Phi) is 4.30. The van der Waals surface area contributed by atoms with Crippen molar-refractivity contribution in [2.45, 2.75) is 13.8 Å². The van der Waals surface area contributed by atoms with Gasteiger partial charge in [0.15, 0.2) is 0 Å². The number of hydrogen-bond donors (Lipinski definition) is 1. The number of rotatable bonds is 3. The van der Waals surface area contributed by atoms with Crippen LogP contribution in [-0.2, 0) is 0 Å². The highest BCUT2D eigenvalue weighted by Crippen LogP contribution is 2.24. The van der Waals surface area contributed by atoms with Crippen molar-refractivity contribution in [3.63, 3.8) is 0 Å². The van der Waals surface area contributed by atoms with Gasteiger partial charge in [0.1, 0.15) is 5.75 Å². The largest absolute Gasteiger partial charge is 0.496 e. The summed E-state index contributed by atoms with van der Waals surface area (Å²) < 4.78 is 5.18. The normalized spacial score (nSPS) is 10.2. The number of carbonyl (C=O) groups excluding carboxylic acids is 1. The Bertz CT molecular complexity index is 653. The Morgan fingerprint density at radius 3 is 2.50 bits per heavy atom. The van der Waals surface area contributed by atoms with Crippen molar-refractivity contribution in [3.8, 4) is 5.75 Å². The Hall–Kier alpha value is -2.00. The van der Waals surface area contributed by atoms with E-state index in [1.165, 1.54) is 12.7 Å². The van der Waals surface area contributed by atoms with E-state index < -0.39 is 0 Å². The van der Waals surface area contributed by atoms with Gasteiger partial charge in [-0.15, -0.1) is 0 Å². The van der Waals surface area contributed by atoms with Crippen LogP contribution in [0.25, 0.3) is 0 Å². The number of methoxy groups -OCH3 is 1. The molecular formula is C16H16ClNO2. The molecule has 4 heteroatoms. The van der Waals surface area contributed by atoms with Crippen LogP contribution in [0.15, 0.2) is 36.4 Å². The first-order valence-electron chi connectivity index (χ1n) is 6.23. The molecule has 3 nitrogen and oxygen atoms in total. The molecule has 0 saturated heterocycles. The van der Waals surface area contributed by atoms with Crippen molar-refractivity contribution >= 4 is 23.2 Å². The van der Waals surface area contributed by atoms with Gasteiger partial charge in [-0.1, -0.05) is 17.7 Å². The maximum absolute atomic E-state index is 12.3. The summed E-state index contributed by atoms with van der Waals surface area (Å²) in [5, 5.41) is 3.35. The molecule has 0 atom stereocenters. The van der Waals surface area contributed by atoms with E-state index in [9.17, 15) is 4.79 Å². The number of anilines is 1. The summed E-state index contributed by atoms with van der Waals surface area (Å²) in [6.45, 7) is 4.03. The van der Waals surface area contributed by atoms with Gasteiger partial charge in [-0.25, -0.2) is 0 Å². The molecule has 0 aliphatic carbocycles. The molecule has 0 bridgehead atoms. The van der Waals surface area contributed by atoms with Gasteiger partial charge < -0.3 is 10.1 Å². The van der Waals surface area contributed by atoms with Gasteiger partial charge in [0.05, 0.1) is 12.7 Å². The minimum absolute atomic E-state index is 0.243. The third-order valence-electron chi connectivity index (χ3n) is 3.17. The topological polar surface area (TPSA) is 38.3 Å². The van der Waals surface area contributed by atoms with Crippen LogP contribution in [-0.4, -0.2) is 13.0 Å². The van der Waals surface area contributed by atoms with Gasteiger partial charge in [-0.3, -0.25) is 4.79 Å². The Labute approximate surface area is 123 Å². The first kappa shape index (κ1) is 14.4. The second kappa shape index (κ2) is 5.97.